The number of hydrogen-bond acceptors (Lipinski definition) is 8. The first-order valence-corrected chi connectivity index (χ1v) is 9.47. The summed E-state index contributed by atoms with van der Waals surface area (Å²) in [7, 11) is 4.86. The molecule has 0 saturated carbocycles. The summed E-state index contributed by atoms with van der Waals surface area (Å²) < 4.78 is 21.8. The molecule has 3 aromatic rings. The molecule has 0 N–H and O–H groups in total. The highest BCUT2D eigenvalue weighted by atomic mass is 16.5. The van der Waals surface area contributed by atoms with Gasteiger partial charge in [0.15, 0.2) is 11.5 Å². The van der Waals surface area contributed by atoms with E-state index in [4.69, 9.17) is 18.7 Å². The summed E-state index contributed by atoms with van der Waals surface area (Å²) in [4.78, 5) is 11.0. The summed E-state index contributed by atoms with van der Waals surface area (Å²) in [6.07, 6.45) is 4.43. The third-order valence-corrected chi connectivity index (χ3v) is 5.11. The predicted molar refractivity (Wildman–Crippen MR) is 106 cm³/mol. The van der Waals surface area contributed by atoms with Crippen molar-refractivity contribution in [1.82, 2.24) is 20.0 Å². The summed E-state index contributed by atoms with van der Waals surface area (Å²) in [6.45, 7) is 2.58. The van der Waals surface area contributed by atoms with E-state index < -0.39 is 0 Å². The van der Waals surface area contributed by atoms with Gasteiger partial charge < -0.3 is 18.7 Å². The van der Waals surface area contributed by atoms with Crippen LogP contribution < -0.4 is 14.2 Å². The maximum Gasteiger partial charge on any atom is 0.231 e. The number of benzene rings is 1. The van der Waals surface area contributed by atoms with Crippen molar-refractivity contribution in [3.63, 3.8) is 0 Å². The van der Waals surface area contributed by atoms with Crippen LogP contribution in [0.5, 0.6) is 17.2 Å². The summed E-state index contributed by atoms with van der Waals surface area (Å²) >= 11 is 0. The third-order valence-electron chi connectivity index (χ3n) is 5.11. The fourth-order valence-corrected chi connectivity index (χ4v) is 3.68. The van der Waals surface area contributed by atoms with Crippen molar-refractivity contribution in [2.75, 3.05) is 34.4 Å². The molecule has 0 spiro atoms. The minimum atomic E-state index is 0.218. The number of ether oxygens (including phenoxy) is 3. The van der Waals surface area contributed by atoms with Gasteiger partial charge in [0.25, 0.3) is 0 Å². The smallest absolute Gasteiger partial charge is 0.231 e. The molecule has 8 heteroatoms. The first-order chi connectivity index (χ1) is 14.2. The average molecular weight is 396 g/mol. The van der Waals surface area contributed by atoms with Crippen LogP contribution in [0.1, 0.15) is 23.8 Å². The minimum Gasteiger partial charge on any atom is -0.493 e. The summed E-state index contributed by atoms with van der Waals surface area (Å²) in [5.41, 5.74) is 1.96. The van der Waals surface area contributed by atoms with E-state index in [2.05, 4.69) is 20.0 Å². The van der Waals surface area contributed by atoms with Crippen molar-refractivity contribution < 1.29 is 18.7 Å². The third kappa shape index (κ3) is 4.02. The highest BCUT2D eigenvalue weighted by molar-refractivity contribution is 5.54. The highest BCUT2D eigenvalue weighted by Crippen LogP contribution is 2.39. The molecule has 2 aromatic heterocycles. The maximum absolute atomic E-state index is 5.53. The van der Waals surface area contributed by atoms with E-state index in [1.165, 1.54) is 0 Å². The Bertz CT molecular complexity index is 935. The monoisotopic (exact) mass is 396 g/mol. The van der Waals surface area contributed by atoms with Crippen molar-refractivity contribution in [3.8, 4) is 28.6 Å². The fourth-order valence-electron chi connectivity index (χ4n) is 3.68. The zero-order chi connectivity index (χ0) is 20.2. The van der Waals surface area contributed by atoms with Crippen LogP contribution in [0.15, 0.2) is 41.2 Å². The number of pyridine rings is 1. The van der Waals surface area contributed by atoms with Gasteiger partial charge in [-0.05, 0) is 42.8 Å². The Morgan fingerprint density at radius 1 is 1.14 bits per heavy atom. The van der Waals surface area contributed by atoms with Gasteiger partial charge in [-0.3, -0.25) is 9.88 Å². The van der Waals surface area contributed by atoms with Crippen LogP contribution in [0.4, 0.5) is 0 Å². The molecule has 1 atom stereocenters. The summed E-state index contributed by atoms with van der Waals surface area (Å²) in [6, 6.07) is 7.76. The maximum atomic E-state index is 5.53. The SMILES string of the molecule is COc1cc(CN2CC[C@@H](c3nc(-c4cccnc4)no3)C2)cc(OC)c1OC. The van der Waals surface area contributed by atoms with Gasteiger partial charge in [0.1, 0.15) is 0 Å². The minimum absolute atomic E-state index is 0.218. The molecule has 4 rings (SSSR count). The zero-order valence-electron chi connectivity index (χ0n) is 16.8. The Balaban J connectivity index is 1.45. The fraction of sp³-hybridized carbons (Fsp3) is 0.381. The zero-order valence-corrected chi connectivity index (χ0v) is 16.8. The van der Waals surface area contributed by atoms with Crippen molar-refractivity contribution >= 4 is 0 Å². The van der Waals surface area contributed by atoms with Gasteiger partial charge in [-0.2, -0.15) is 4.98 Å². The van der Waals surface area contributed by atoms with Crippen LogP contribution in [0.3, 0.4) is 0 Å². The molecular formula is C21H24N4O4. The van der Waals surface area contributed by atoms with Crippen LogP contribution in [0.2, 0.25) is 0 Å². The largest absolute Gasteiger partial charge is 0.493 e. The van der Waals surface area contributed by atoms with Gasteiger partial charge in [0.05, 0.1) is 27.2 Å². The Kier molecular flexibility index (Phi) is 5.62. The topological polar surface area (TPSA) is 82.7 Å². The molecule has 1 aliphatic rings. The van der Waals surface area contributed by atoms with E-state index in [-0.39, 0.29) is 5.92 Å². The van der Waals surface area contributed by atoms with Crippen molar-refractivity contribution in [3.05, 3.63) is 48.1 Å². The van der Waals surface area contributed by atoms with Gasteiger partial charge in [0, 0.05) is 31.0 Å². The molecule has 0 bridgehead atoms. The molecule has 3 heterocycles. The molecule has 0 aliphatic carbocycles. The van der Waals surface area contributed by atoms with Crippen LogP contribution in [-0.2, 0) is 6.54 Å². The van der Waals surface area contributed by atoms with Crippen LogP contribution in [-0.4, -0.2) is 54.4 Å². The molecule has 1 saturated heterocycles. The normalized spacial score (nSPS) is 16.7. The first kappa shape index (κ1) is 19.2. The van der Waals surface area contributed by atoms with Crippen LogP contribution in [0.25, 0.3) is 11.4 Å². The average Bonchev–Trinajstić information content (AvgIpc) is 3.43. The number of hydrogen-bond donors (Lipinski definition) is 0. The molecule has 29 heavy (non-hydrogen) atoms. The van der Waals surface area contributed by atoms with E-state index in [0.717, 1.165) is 37.2 Å². The van der Waals surface area contributed by atoms with Gasteiger partial charge in [-0.1, -0.05) is 5.16 Å². The lowest BCUT2D eigenvalue weighted by Gasteiger charge is -2.18. The number of aromatic nitrogens is 3. The molecule has 0 radical (unpaired) electrons. The second-order valence-corrected chi connectivity index (χ2v) is 6.95. The van der Waals surface area contributed by atoms with E-state index >= 15 is 0 Å². The summed E-state index contributed by atoms with van der Waals surface area (Å²) in [5.74, 6) is 3.40. The molecule has 1 aromatic carbocycles. The lowest BCUT2D eigenvalue weighted by molar-refractivity contribution is 0.303. The Morgan fingerprint density at radius 3 is 2.59 bits per heavy atom. The van der Waals surface area contributed by atoms with Gasteiger partial charge in [0.2, 0.25) is 17.5 Å². The Labute approximate surface area is 169 Å². The van der Waals surface area contributed by atoms with Crippen molar-refractivity contribution in [1.29, 1.82) is 0 Å². The molecule has 0 amide bonds. The molecule has 8 nitrogen and oxygen atoms in total. The van der Waals surface area contributed by atoms with E-state index in [1.54, 1.807) is 33.7 Å². The predicted octanol–water partition coefficient (Wildman–Crippen LogP) is 3.15. The lowest BCUT2D eigenvalue weighted by Crippen LogP contribution is -2.20. The van der Waals surface area contributed by atoms with Gasteiger partial charge >= 0.3 is 0 Å². The number of likely N-dealkylation sites (tertiary alicyclic amines) is 1. The molecule has 152 valence electrons. The molecular weight excluding hydrogens is 372 g/mol. The van der Waals surface area contributed by atoms with E-state index in [0.29, 0.717) is 29.0 Å². The number of rotatable bonds is 7. The first-order valence-electron chi connectivity index (χ1n) is 9.47. The summed E-state index contributed by atoms with van der Waals surface area (Å²) in [5, 5.41) is 4.11. The molecule has 1 aliphatic heterocycles. The van der Waals surface area contributed by atoms with E-state index in [1.807, 2.05) is 24.3 Å². The van der Waals surface area contributed by atoms with Crippen LogP contribution >= 0.6 is 0 Å². The van der Waals surface area contributed by atoms with Crippen molar-refractivity contribution in [2.24, 2.45) is 0 Å². The van der Waals surface area contributed by atoms with Crippen LogP contribution in [0, 0.1) is 0 Å². The number of nitrogens with zero attached hydrogens (tertiary/aromatic N) is 4. The van der Waals surface area contributed by atoms with Crippen molar-refractivity contribution in [2.45, 2.75) is 18.9 Å². The van der Waals surface area contributed by atoms with Gasteiger partial charge in [-0.15, -0.1) is 0 Å². The molecule has 0 unspecified atom stereocenters. The second-order valence-electron chi connectivity index (χ2n) is 6.95. The molecule has 1 fully saturated rings. The second kappa shape index (κ2) is 8.48. The Hall–Kier alpha value is -3.13. The van der Waals surface area contributed by atoms with E-state index in [9.17, 15) is 0 Å². The Morgan fingerprint density at radius 2 is 1.93 bits per heavy atom. The number of methoxy groups -OCH3 is 3. The standard InChI is InChI=1S/C21H24N4O4/c1-26-17-9-14(10-18(27-2)19(17)28-3)12-25-8-6-16(13-25)21-23-20(24-29-21)15-5-4-7-22-11-15/h4-5,7,9-11,16H,6,8,12-13H2,1-3H3/t16-/m1/s1. The quantitative estimate of drug-likeness (QED) is 0.602. The van der Waals surface area contributed by atoms with Gasteiger partial charge in [-0.25, -0.2) is 0 Å². The highest BCUT2D eigenvalue weighted by Gasteiger charge is 2.29. The lowest BCUT2D eigenvalue weighted by atomic mass is 10.1.